The average Bonchev–Trinajstić information content (AvgIpc) is 3.12. The summed E-state index contributed by atoms with van der Waals surface area (Å²) in [5.41, 5.74) is -0.236. The van der Waals surface area contributed by atoms with Crippen molar-refractivity contribution in [3.63, 3.8) is 0 Å². The van der Waals surface area contributed by atoms with Crippen LogP contribution in [0.15, 0.2) is 53.4 Å². The minimum atomic E-state index is -4.69. The number of urea groups is 1. The molecule has 3 N–H and O–H groups in total. The first-order chi connectivity index (χ1) is 14.1. The summed E-state index contributed by atoms with van der Waals surface area (Å²) < 4.78 is 64.7. The van der Waals surface area contributed by atoms with Crippen molar-refractivity contribution in [2.24, 2.45) is 0 Å². The molecule has 1 saturated heterocycles. The Bertz CT molecular complexity index is 1070. The predicted molar refractivity (Wildman–Crippen MR) is 102 cm³/mol. The monoisotopic (exact) mass is 442 g/mol. The molecule has 160 valence electrons. The fourth-order valence-corrected chi connectivity index (χ4v) is 3.79. The second kappa shape index (κ2) is 8.32. The zero-order chi connectivity index (χ0) is 21.9. The first-order valence-corrected chi connectivity index (χ1v) is 10.2. The van der Waals surface area contributed by atoms with Gasteiger partial charge in [0.15, 0.2) is 0 Å². The van der Waals surface area contributed by atoms with E-state index in [2.05, 4.69) is 10.6 Å². The number of amides is 3. The maximum absolute atomic E-state index is 12.8. The summed E-state index contributed by atoms with van der Waals surface area (Å²) in [6, 6.07) is 9.33. The van der Waals surface area contributed by atoms with Crippen molar-refractivity contribution in [3.05, 3.63) is 54.1 Å². The molecule has 30 heavy (non-hydrogen) atoms. The SMILES string of the molecule is O=C(CNS(=O)(=O)c1cccc(C(F)(F)F)c1)Nc1cccc(N2CCNC2=O)c1. The van der Waals surface area contributed by atoms with Crippen LogP contribution in [0.25, 0.3) is 0 Å². The van der Waals surface area contributed by atoms with Gasteiger partial charge in [-0.2, -0.15) is 13.2 Å². The van der Waals surface area contributed by atoms with Gasteiger partial charge in [-0.1, -0.05) is 12.1 Å². The number of carbonyl (C=O) groups excluding carboxylic acids is 2. The number of alkyl halides is 3. The number of hydrogen-bond acceptors (Lipinski definition) is 4. The van der Waals surface area contributed by atoms with Crippen LogP contribution in [0.5, 0.6) is 0 Å². The highest BCUT2D eigenvalue weighted by atomic mass is 32.2. The molecule has 0 radical (unpaired) electrons. The molecule has 1 aliphatic rings. The van der Waals surface area contributed by atoms with Crippen LogP contribution < -0.4 is 20.3 Å². The molecule has 0 saturated carbocycles. The van der Waals surface area contributed by atoms with Gasteiger partial charge >= 0.3 is 12.2 Å². The lowest BCUT2D eigenvalue weighted by molar-refractivity contribution is -0.137. The lowest BCUT2D eigenvalue weighted by atomic mass is 10.2. The number of halogens is 3. The second-order valence-corrected chi connectivity index (χ2v) is 8.10. The standard InChI is InChI=1S/C18H17F3N4O4S/c19-18(20,21)12-3-1-6-15(9-12)30(28,29)23-11-16(26)24-13-4-2-5-14(10-13)25-8-7-22-17(25)27/h1-6,9-10,23H,7-8,11H2,(H,22,27)(H,24,26). The number of carbonyl (C=O) groups is 2. The average molecular weight is 442 g/mol. The Kier molecular flexibility index (Phi) is 5.99. The summed E-state index contributed by atoms with van der Waals surface area (Å²) in [6.45, 7) is 0.271. The molecule has 8 nitrogen and oxygen atoms in total. The number of hydrogen-bond donors (Lipinski definition) is 3. The van der Waals surface area contributed by atoms with Gasteiger partial charge in [-0.05, 0) is 36.4 Å². The molecule has 1 heterocycles. The molecule has 0 aromatic heterocycles. The zero-order valence-corrected chi connectivity index (χ0v) is 16.2. The molecule has 0 atom stereocenters. The van der Waals surface area contributed by atoms with E-state index in [-0.39, 0.29) is 6.03 Å². The van der Waals surface area contributed by atoms with Gasteiger partial charge in [-0.15, -0.1) is 0 Å². The van der Waals surface area contributed by atoms with Crippen molar-refractivity contribution in [2.45, 2.75) is 11.1 Å². The van der Waals surface area contributed by atoms with Crippen molar-refractivity contribution in [1.29, 1.82) is 0 Å². The van der Waals surface area contributed by atoms with Crippen molar-refractivity contribution in [2.75, 3.05) is 29.9 Å². The molecule has 3 rings (SSSR count). The van der Waals surface area contributed by atoms with E-state index in [1.807, 2.05) is 4.72 Å². The van der Waals surface area contributed by atoms with Crippen LogP contribution in [0.2, 0.25) is 0 Å². The van der Waals surface area contributed by atoms with Crippen molar-refractivity contribution >= 4 is 33.3 Å². The Morgan fingerprint density at radius 1 is 1.13 bits per heavy atom. The Hall–Kier alpha value is -3.12. The lowest BCUT2D eigenvalue weighted by Gasteiger charge is -2.15. The topological polar surface area (TPSA) is 108 Å². The lowest BCUT2D eigenvalue weighted by Crippen LogP contribution is -2.33. The highest BCUT2D eigenvalue weighted by Crippen LogP contribution is 2.30. The summed E-state index contributed by atoms with van der Waals surface area (Å²) in [6.07, 6.45) is -4.69. The molecule has 2 aromatic carbocycles. The Morgan fingerprint density at radius 2 is 1.87 bits per heavy atom. The zero-order valence-electron chi connectivity index (χ0n) is 15.4. The summed E-state index contributed by atoms with van der Waals surface area (Å²) in [7, 11) is -4.33. The summed E-state index contributed by atoms with van der Waals surface area (Å²) in [5, 5.41) is 5.12. The van der Waals surface area contributed by atoms with Crippen molar-refractivity contribution in [1.82, 2.24) is 10.0 Å². The van der Waals surface area contributed by atoms with E-state index in [9.17, 15) is 31.2 Å². The van der Waals surface area contributed by atoms with E-state index in [1.165, 1.54) is 4.90 Å². The first kappa shape index (κ1) is 21.6. The molecular weight excluding hydrogens is 425 g/mol. The van der Waals surface area contributed by atoms with E-state index < -0.39 is 39.1 Å². The van der Waals surface area contributed by atoms with Gasteiger partial charge in [-0.25, -0.2) is 17.9 Å². The summed E-state index contributed by atoms with van der Waals surface area (Å²) in [4.78, 5) is 24.7. The number of nitrogens with zero attached hydrogens (tertiary/aromatic N) is 1. The molecule has 0 unspecified atom stereocenters. The van der Waals surface area contributed by atoms with Gasteiger partial charge in [0.2, 0.25) is 15.9 Å². The minimum absolute atomic E-state index is 0.271. The molecular formula is C18H17F3N4O4S. The predicted octanol–water partition coefficient (Wildman–Crippen LogP) is 2.15. The van der Waals surface area contributed by atoms with Gasteiger partial charge in [-0.3, -0.25) is 9.69 Å². The molecule has 0 aliphatic carbocycles. The summed E-state index contributed by atoms with van der Waals surface area (Å²) >= 11 is 0. The largest absolute Gasteiger partial charge is 0.416 e. The number of benzene rings is 2. The molecule has 2 aromatic rings. The molecule has 3 amide bonds. The van der Waals surface area contributed by atoms with Crippen LogP contribution in [0.3, 0.4) is 0 Å². The van der Waals surface area contributed by atoms with Gasteiger partial charge in [0, 0.05) is 24.5 Å². The van der Waals surface area contributed by atoms with Crippen LogP contribution in [0, 0.1) is 0 Å². The van der Waals surface area contributed by atoms with E-state index in [4.69, 9.17) is 0 Å². The van der Waals surface area contributed by atoms with Gasteiger partial charge < -0.3 is 10.6 Å². The Balaban J connectivity index is 1.64. The maximum Gasteiger partial charge on any atom is 0.416 e. The quantitative estimate of drug-likeness (QED) is 0.637. The van der Waals surface area contributed by atoms with E-state index in [0.717, 1.165) is 18.2 Å². The van der Waals surface area contributed by atoms with Gasteiger partial charge in [0.25, 0.3) is 0 Å². The third-order valence-electron chi connectivity index (χ3n) is 4.19. The Morgan fingerprint density at radius 3 is 2.53 bits per heavy atom. The van der Waals surface area contributed by atoms with E-state index >= 15 is 0 Å². The summed E-state index contributed by atoms with van der Waals surface area (Å²) in [5.74, 6) is -0.728. The van der Waals surface area contributed by atoms with Crippen LogP contribution >= 0.6 is 0 Å². The normalized spacial score (nSPS) is 14.5. The van der Waals surface area contributed by atoms with Crippen LogP contribution in [-0.4, -0.2) is 40.0 Å². The van der Waals surface area contributed by atoms with E-state index in [1.54, 1.807) is 24.3 Å². The number of sulfonamides is 1. The highest BCUT2D eigenvalue weighted by Gasteiger charge is 2.31. The van der Waals surface area contributed by atoms with Crippen molar-refractivity contribution < 1.29 is 31.2 Å². The smallest absolute Gasteiger partial charge is 0.336 e. The van der Waals surface area contributed by atoms with Crippen molar-refractivity contribution in [3.8, 4) is 0 Å². The third kappa shape index (κ3) is 5.07. The van der Waals surface area contributed by atoms with Crippen LogP contribution in [-0.2, 0) is 21.0 Å². The fraction of sp³-hybridized carbons (Fsp3) is 0.222. The fourth-order valence-electron chi connectivity index (χ4n) is 2.76. The Labute approximate surface area is 170 Å². The second-order valence-electron chi connectivity index (χ2n) is 6.33. The number of rotatable bonds is 6. The number of nitrogens with one attached hydrogen (secondary N) is 3. The van der Waals surface area contributed by atoms with E-state index in [0.29, 0.717) is 30.5 Å². The van der Waals surface area contributed by atoms with Gasteiger partial charge in [0.05, 0.1) is 17.0 Å². The first-order valence-electron chi connectivity index (χ1n) is 8.68. The molecule has 12 heteroatoms. The molecule has 0 spiro atoms. The highest BCUT2D eigenvalue weighted by molar-refractivity contribution is 7.89. The molecule has 1 fully saturated rings. The van der Waals surface area contributed by atoms with Crippen LogP contribution in [0.4, 0.5) is 29.3 Å². The molecule has 0 bridgehead atoms. The molecule has 1 aliphatic heterocycles. The van der Waals surface area contributed by atoms with Gasteiger partial charge in [0.1, 0.15) is 0 Å². The minimum Gasteiger partial charge on any atom is -0.336 e. The van der Waals surface area contributed by atoms with Crippen LogP contribution in [0.1, 0.15) is 5.56 Å². The maximum atomic E-state index is 12.8. The number of anilines is 2. The third-order valence-corrected chi connectivity index (χ3v) is 5.59.